The minimum Gasteiger partial charge on any atom is -0.304 e. The van der Waals surface area contributed by atoms with Crippen LogP contribution in [-0.4, -0.2) is 18.2 Å². The number of rotatable bonds is 4. The van der Waals surface area contributed by atoms with E-state index in [2.05, 4.69) is 22.0 Å². The molecule has 5 heteroatoms. The highest BCUT2D eigenvalue weighted by molar-refractivity contribution is 9.10. The molecule has 0 aliphatic carbocycles. The van der Waals surface area contributed by atoms with Crippen LogP contribution in [0.1, 0.15) is 29.6 Å². The van der Waals surface area contributed by atoms with Crippen molar-refractivity contribution in [2.45, 2.75) is 19.3 Å². The number of carbonyl (C=O) groups excluding carboxylic acids is 2. The molecule has 4 nitrogen and oxygen atoms in total. The lowest BCUT2D eigenvalue weighted by Gasteiger charge is -2.17. The number of amides is 1. The number of ketones is 1. The van der Waals surface area contributed by atoms with E-state index in [9.17, 15) is 9.59 Å². The van der Waals surface area contributed by atoms with Gasteiger partial charge in [0.05, 0.1) is 17.3 Å². The standard InChI is InChI=1S/C13H11BrN2O2/c14-10-6-4-5-9-11(10)16(13(18)12(9)17)8-3-1-2-7-15/h4-6H,1-3,8H2. The van der Waals surface area contributed by atoms with Gasteiger partial charge < -0.3 is 4.90 Å². The minimum atomic E-state index is -0.478. The number of fused-ring (bicyclic) bond motifs is 1. The number of Topliss-reactive ketones (excluding diaryl/α,β-unsaturated/α-hetero) is 1. The van der Waals surface area contributed by atoms with Crippen molar-refractivity contribution >= 4 is 33.3 Å². The zero-order valence-electron chi connectivity index (χ0n) is 9.65. The van der Waals surface area contributed by atoms with E-state index in [0.717, 1.165) is 10.9 Å². The molecule has 0 bridgehead atoms. The number of nitriles is 1. The third kappa shape index (κ3) is 2.16. The number of benzene rings is 1. The predicted molar refractivity (Wildman–Crippen MR) is 70.3 cm³/mol. The fourth-order valence-corrected chi connectivity index (χ4v) is 2.58. The summed E-state index contributed by atoms with van der Waals surface area (Å²) in [6, 6.07) is 7.28. The second-order valence-electron chi connectivity index (χ2n) is 4.04. The summed E-state index contributed by atoms with van der Waals surface area (Å²) >= 11 is 3.37. The zero-order chi connectivity index (χ0) is 13.1. The van der Waals surface area contributed by atoms with Gasteiger partial charge >= 0.3 is 0 Å². The van der Waals surface area contributed by atoms with E-state index in [1.165, 1.54) is 4.90 Å². The average Bonchev–Trinajstić information content (AvgIpc) is 2.61. The van der Waals surface area contributed by atoms with Crippen molar-refractivity contribution in [3.05, 3.63) is 28.2 Å². The third-order valence-corrected chi connectivity index (χ3v) is 3.50. The van der Waals surface area contributed by atoms with Crippen LogP contribution in [0.4, 0.5) is 5.69 Å². The van der Waals surface area contributed by atoms with Crippen molar-refractivity contribution in [1.82, 2.24) is 0 Å². The van der Waals surface area contributed by atoms with Gasteiger partial charge in [0.1, 0.15) is 0 Å². The normalized spacial score (nSPS) is 13.7. The van der Waals surface area contributed by atoms with Crippen molar-refractivity contribution in [2.75, 3.05) is 11.4 Å². The van der Waals surface area contributed by atoms with Crippen LogP contribution in [0.5, 0.6) is 0 Å². The summed E-state index contributed by atoms with van der Waals surface area (Å²) < 4.78 is 0.750. The molecule has 0 spiro atoms. The molecule has 0 fully saturated rings. The Bertz CT molecular complexity index is 548. The van der Waals surface area contributed by atoms with E-state index >= 15 is 0 Å². The molecule has 1 aliphatic rings. The van der Waals surface area contributed by atoms with Gasteiger partial charge in [0.25, 0.3) is 11.7 Å². The number of anilines is 1. The van der Waals surface area contributed by atoms with Gasteiger partial charge in [-0.3, -0.25) is 9.59 Å². The maximum atomic E-state index is 11.9. The van der Waals surface area contributed by atoms with Gasteiger partial charge in [-0.15, -0.1) is 0 Å². The molecule has 0 saturated carbocycles. The second-order valence-corrected chi connectivity index (χ2v) is 4.89. The number of nitrogens with zero attached hydrogens (tertiary/aromatic N) is 2. The molecule has 92 valence electrons. The highest BCUT2D eigenvalue weighted by atomic mass is 79.9. The fourth-order valence-electron chi connectivity index (χ4n) is 2.00. The maximum absolute atomic E-state index is 11.9. The first-order chi connectivity index (χ1) is 8.66. The second kappa shape index (κ2) is 5.32. The smallest absolute Gasteiger partial charge is 0.299 e. The molecular weight excluding hydrogens is 296 g/mol. The van der Waals surface area contributed by atoms with Crippen LogP contribution in [-0.2, 0) is 4.79 Å². The van der Waals surface area contributed by atoms with Crippen molar-refractivity contribution in [3.63, 3.8) is 0 Å². The Hall–Kier alpha value is -1.67. The van der Waals surface area contributed by atoms with Gasteiger partial charge in [0.15, 0.2) is 0 Å². The topological polar surface area (TPSA) is 61.2 Å². The Kier molecular flexibility index (Phi) is 3.78. The SMILES string of the molecule is N#CCCCCN1C(=O)C(=O)c2cccc(Br)c21. The molecule has 0 aromatic heterocycles. The Balaban J connectivity index is 2.21. The van der Waals surface area contributed by atoms with Crippen molar-refractivity contribution in [2.24, 2.45) is 0 Å². The molecule has 1 aromatic carbocycles. The summed E-state index contributed by atoms with van der Waals surface area (Å²) in [6.07, 6.45) is 1.92. The van der Waals surface area contributed by atoms with Crippen LogP contribution >= 0.6 is 15.9 Å². The molecule has 0 N–H and O–H groups in total. The molecule has 0 atom stereocenters. The first kappa shape index (κ1) is 12.8. The number of hydrogen-bond acceptors (Lipinski definition) is 3. The van der Waals surface area contributed by atoms with Crippen LogP contribution in [0.3, 0.4) is 0 Å². The minimum absolute atomic E-state index is 0.452. The molecule has 2 rings (SSSR count). The lowest BCUT2D eigenvalue weighted by Crippen LogP contribution is -2.30. The molecule has 0 unspecified atom stereocenters. The molecule has 18 heavy (non-hydrogen) atoms. The summed E-state index contributed by atoms with van der Waals surface area (Å²) in [5, 5.41) is 8.46. The summed E-state index contributed by atoms with van der Waals surface area (Å²) in [4.78, 5) is 25.2. The molecular formula is C13H11BrN2O2. The summed E-state index contributed by atoms with van der Waals surface area (Å²) in [7, 11) is 0. The molecule has 1 heterocycles. The number of para-hydroxylation sites is 1. The number of halogens is 1. The fraction of sp³-hybridized carbons (Fsp3) is 0.308. The molecule has 0 radical (unpaired) electrons. The lowest BCUT2D eigenvalue weighted by atomic mass is 10.1. The summed E-state index contributed by atoms with van der Waals surface area (Å²) in [6.45, 7) is 0.474. The van der Waals surface area contributed by atoms with E-state index in [0.29, 0.717) is 30.6 Å². The summed E-state index contributed by atoms with van der Waals surface area (Å²) in [5.74, 6) is -0.930. The number of carbonyl (C=O) groups is 2. The average molecular weight is 307 g/mol. The van der Waals surface area contributed by atoms with E-state index in [-0.39, 0.29) is 0 Å². The van der Waals surface area contributed by atoms with Gasteiger partial charge in [-0.1, -0.05) is 6.07 Å². The predicted octanol–water partition coefficient (Wildman–Crippen LogP) is 2.67. The van der Waals surface area contributed by atoms with Crippen LogP contribution in [0.15, 0.2) is 22.7 Å². The lowest BCUT2D eigenvalue weighted by molar-refractivity contribution is -0.114. The molecule has 1 aliphatic heterocycles. The Morgan fingerprint density at radius 2 is 2.06 bits per heavy atom. The third-order valence-electron chi connectivity index (χ3n) is 2.86. The highest BCUT2D eigenvalue weighted by Crippen LogP contribution is 2.35. The number of unbranched alkanes of at least 4 members (excludes halogenated alkanes) is 2. The van der Waals surface area contributed by atoms with E-state index in [1.54, 1.807) is 12.1 Å². The Morgan fingerprint density at radius 3 is 2.78 bits per heavy atom. The Labute approximate surface area is 113 Å². The van der Waals surface area contributed by atoms with Crippen molar-refractivity contribution < 1.29 is 9.59 Å². The highest BCUT2D eigenvalue weighted by Gasteiger charge is 2.36. The maximum Gasteiger partial charge on any atom is 0.299 e. The quantitative estimate of drug-likeness (QED) is 0.634. The van der Waals surface area contributed by atoms with Crippen LogP contribution in [0.25, 0.3) is 0 Å². The van der Waals surface area contributed by atoms with Gasteiger partial charge in [-0.05, 0) is 40.9 Å². The van der Waals surface area contributed by atoms with Gasteiger partial charge in [-0.2, -0.15) is 5.26 Å². The molecule has 0 saturated heterocycles. The number of hydrogen-bond donors (Lipinski definition) is 0. The van der Waals surface area contributed by atoms with Gasteiger partial charge in [-0.25, -0.2) is 0 Å². The largest absolute Gasteiger partial charge is 0.304 e. The van der Waals surface area contributed by atoms with Crippen molar-refractivity contribution in [3.8, 4) is 6.07 Å². The monoisotopic (exact) mass is 306 g/mol. The first-order valence-electron chi connectivity index (χ1n) is 5.68. The van der Waals surface area contributed by atoms with Crippen LogP contribution in [0, 0.1) is 11.3 Å². The van der Waals surface area contributed by atoms with E-state index in [4.69, 9.17) is 5.26 Å². The zero-order valence-corrected chi connectivity index (χ0v) is 11.2. The van der Waals surface area contributed by atoms with Crippen molar-refractivity contribution in [1.29, 1.82) is 5.26 Å². The van der Waals surface area contributed by atoms with E-state index in [1.807, 2.05) is 6.07 Å². The first-order valence-corrected chi connectivity index (χ1v) is 6.47. The Morgan fingerprint density at radius 1 is 1.28 bits per heavy atom. The van der Waals surface area contributed by atoms with Gasteiger partial charge in [0, 0.05) is 17.4 Å². The molecule has 1 amide bonds. The molecule has 1 aromatic rings. The van der Waals surface area contributed by atoms with E-state index < -0.39 is 11.7 Å². The van der Waals surface area contributed by atoms with Gasteiger partial charge in [0.2, 0.25) is 0 Å². The summed E-state index contributed by atoms with van der Waals surface area (Å²) in [5.41, 5.74) is 1.11. The van der Waals surface area contributed by atoms with Crippen LogP contribution in [0.2, 0.25) is 0 Å². The van der Waals surface area contributed by atoms with Crippen LogP contribution < -0.4 is 4.90 Å².